The second kappa shape index (κ2) is 7.31. The maximum Gasteiger partial charge on any atom is 0.339 e. The average molecular weight is 432 g/mol. The van der Waals surface area contributed by atoms with Crippen LogP contribution in [0.25, 0.3) is 10.4 Å². The van der Waals surface area contributed by atoms with Gasteiger partial charge in [-0.15, -0.1) is 11.3 Å². The number of benzene rings is 2. The van der Waals surface area contributed by atoms with Gasteiger partial charge in [0.1, 0.15) is 11.3 Å². The number of carbonyl (C=O) groups is 2. The molecule has 3 N–H and O–H groups in total. The third kappa shape index (κ3) is 3.63. The number of anilines is 1. The highest BCUT2D eigenvalue weighted by atomic mass is 79.9. The number of amides is 1. The summed E-state index contributed by atoms with van der Waals surface area (Å²) in [7, 11) is 0. The zero-order valence-corrected chi connectivity index (χ0v) is 16.0. The van der Waals surface area contributed by atoms with Crippen molar-refractivity contribution in [1.29, 1.82) is 0 Å². The highest BCUT2D eigenvalue weighted by Gasteiger charge is 2.22. The molecule has 0 unspecified atom stereocenters. The first-order valence-corrected chi connectivity index (χ1v) is 9.25. The number of thiophene rings is 1. The van der Waals surface area contributed by atoms with Gasteiger partial charge < -0.3 is 15.5 Å². The van der Waals surface area contributed by atoms with Crippen molar-refractivity contribution in [2.45, 2.75) is 6.92 Å². The summed E-state index contributed by atoms with van der Waals surface area (Å²) < 4.78 is 0.887. The van der Waals surface area contributed by atoms with Gasteiger partial charge in [-0.2, -0.15) is 0 Å². The van der Waals surface area contributed by atoms with E-state index in [0.29, 0.717) is 4.88 Å². The quantitative estimate of drug-likeness (QED) is 0.533. The van der Waals surface area contributed by atoms with Crippen molar-refractivity contribution in [3.05, 3.63) is 69.0 Å². The number of rotatable bonds is 4. The molecular formula is C19H14BrNO4S. The van der Waals surface area contributed by atoms with Crippen molar-refractivity contribution in [2.24, 2.45) is 0 Å². The Hall–Kier alpha value is -2.64. The topological polar surface area (TPSA) is 86.6 Å². The number of hydrogen-bond acceptors (Lipinski definition) is 4. The number of phenols is 1. The number of nitrogens with one attached hydrogen (secondary N) is 1. The van der Waals surface area contributed by atoms with Crippen LogP contribution in [-0.2, 0) is 0 Å². The number of aryl methyl sites for hydroxylation is 1. The van der Waals surface area contributed by atoms with Gasteiger partial charge in [-0.1, -0.05) is 34.1 Å². The van der Waals surface area contributed by atoms with E-state index in [1.807, 2.05) is 12.1 Å². The summed E-state index contributed by atoms with van der Waals surface area (Å²) in [6, 6.07) is 11.9. The second-order valence-electron chi connectivity index (χ2n) is 5.64. The molecule has 0 aliphatic carbocycles. The highest BCUT2D eigenvalue weighted by molar-refractivity contribution is 9.10. The largest absolute Gasteiger partial charge is 0.507 e. The molecule has 0 aliphatic heterocycles. The molecule has 2 aromatic carbocycles. The third-order valence-corrected chi connectivity index (χ3v) is 5.32. The van der Waals surface area contributed by atoms with Crippen molar-refractivity contribution in [1.82, 2.24) is 0 Å². The number of phenolic OH excluding ortho intramolecular Hbond substituents is 1. The van der Waals surface area contributed by atoms with Crippen LogP contribution in [0.15, 0.2) is 52.3 Å². The first kappa shape index (κ1) is 18.2. The summed E-state index contributed by atoms with van der Waals surface area (Å²) in [6.45, 7) is 1.80. The zero-order chi connectivity index (χ0) is 18.8. The minimum Gasteiger partial charge on any atom is -0.507 e. The van der Waals surface area contributed by atoms with Crippen molar-refractivity contribution >= 4 is 44.8 Å². The standard InChI is InChI=1S/C19H14BrNO4S/c1-10-2-7-13(15(22)8-10)18(23)21-14-9-26-17(16(14)19(24)25)11-3-5-12(20)6-4-11/h2-9,22H,1H3,(H,21,23)(H,24,25). The van der Waals surface area contributed by atoms with Crippen molar-refractivity contribution < 1.29 is 19.8 Å². The third-order valence-electron chi connectivity index (χ3n) is 3.76. The fraction of sp³-hybridized carbons (Fsp3) is 0.0526. The zero-order valence-electron chi connectivity index (χ0n) is 13.6. The van der Waals surface area contributed by atoms with Crippen LogP contribution in [0, 0.1) is 6.92 Å². The van der Waals surface area contributed by atoms with E-state index in [-0.39, 0.29) is 22.6 Å². The molecule has 26 heavy (non-hydrogen) atoms. The molecule has 3 aromatic rings. The predicted octanol–water partition coefficient (Wildman–Crippen LogP) is 5.14. The Morgan fingerprint density at radius 2 is 1.81 bits per heavy atom. The lowest BCUT2D eigenvalue weighted by Crippen LogP contribution is -2.14. The number of carboxylic acid groups (broad SMARTS) is 1. The van der Waals surface area contributed by atoms with Gasteiger partial charge in [-0.05, 0) is 42.3 Å². The molecule has 1 heterocycles. The number of carbonyl (C=O) groups excluding carboxylic acids is 1. The van der Waals surface area contributed by atoms with Crippen LogP contribution in [0.5, 0.6) is 5.75 Å². The smallest absolute Gasteiger partial charge is 0.339 e. The van der Waals surface area contributed by atoms with Gasteiger partial charge in [0.05, 0.1) is 16.1 Å². The fourth-order valence-corrected chi connectivity index (χ4v) is 3.76. The number of hydrogen-bond donors (Lipinski definition) is 3. The Labute approximate surface area is 162 Å². The van der Waals surface area contributed by atoms with Gasteiger partial charge >= 0.3 is 5.97 Å². The number of carboxylic acids is 1. The van der Waals surface area contributed by atoms with E-state index in [2.05, 4.69) is 21.2 Å². The van der Waals surface area contributed by atoms with Crippen LogP contribution >= 0.6 is 27.3 Å². The summed E-state index contributed by atoms with van der Waals surface area (Å²) in [5.41, 5.74) is 1.87. The maximum absolute atomic E-state index is 12.4. The van der Waals surface area contributed by atoms with Crippen molar-refractivity contribution in [3.8, 4) is 16.2 Å². The minimum atomic E-state index is -1.13. The first-order valence-electron chi connectivity index (χ1n) is 7.58. The summed E-state index contributed by atoms with van der Waals surface area (Å²) in [6.07, 6.45) is 0. The Morgan fingerprint density at radius 3 is 2.42 bits per heavy atom. The summed E-state index contributed by atoms with van der Waals surface area (Å²) in [4.78, 5) is 24.8. The molecule has 0 bridgehead atoms. The van der Waals surface area contributed by atoms with Crippen molar-refractivity contribution in [3.63, 3.8) is 0 Å². The Bertz CT molecular complexity index is 995. The molecule has 0 saturated carbocycles. The molecule has 0 spiro atoms. The molecular weight excluding hydrogens is 418 g/mol. The first-order chi connectivity index (χ1) is 12.4. The Kier molecular flexibility index (Phi) is 5.11. The Balaban J connectivity index is 1.97. The van der Waals surface area contributed by atoms with Gasteiger partial charge in [-0.3, -0.25) is 4.79 Å². The summed E-state index contributed by atoms with van der Waals surface area (Å²) >= 11 is 4.58. The van der Waals surface area contributed by atoms with Gasteiger partial charge in [0.2, 0.25) is 0 Å². The predicted molar refractivity (Wildman–Crippen MR) is 105 cm³/mol. The monoisotopic (exact) mass is 431 g/mol. The van der Waals surface area contributed by atoms with E-state index in [1.54, 1.807) is 30.5 Å². The van der Waals surface area contributed by atoms with Gasteiger partial charge in [0.25, 0.3) is 5.91 Å². The molecule has 7 heteroatoms. The molecule has 0 saturated heterocycles. The highest BCUT2D eigenvalue weighted by Crippen LogP contribution is 2.37. The van der Waals surface area contributed by atoms with Gasteiger partial charge in [0.15, 0.2) is 0 Å². The van der Waals surface area contributed by atoms with E-state index in [1.165, 1.54) is 23.5 Å². The second-order valence-corrected chi connectivity index (χ2v) is 7.44. The van der Waals surface area contributed by atoms with E-state index in [0.717, 1.165) is 15.6 Å². The SMILES string of the molecule is Cc1ccc(C(=O)Nc2csc(-c3ccc(Br)cc3)c2C(=O)O)c(O)c1. The van der Waals surface area contributed by atoms with Crippen LogP contribution in [0.3, 0.4) is 0 Å². The lowest BCUT2D eigenvalue weighted by atomic mass is 10.1. The number of aromatic hydroxyl groups is 1. The lowest BCUT2D eigenvalue weighted by Gasteiger charge is -2.08. The van der Waals surface area contributed by atoms with Crippen LogP contribution < -0.4 is 5.32 Å². The molecule has 0 radical (unpaired) electrons. The molecule has 0 atom stereocenters. The minimum absolute atomic E-state index is 0.0253. The van der Waals surface area contributed by atoms with Gasteiger partial charge in [0, 0.05) is 9.85 Å². The van der Waals surface area contributed by atoms with Crippen LogP contribution in [-0.4, -0.2) is 22.1 Å². The van der Waals surface area contributed by atoms with Crippen LogP contribution in [0.1, 0.15) is 26.3 Å². The average Bonchev–Trinajstić information content (AvgIpc) is 2.99. The molecule has 1 aromatic heterocycles. The fourth-order valence-electron chi connectivity index (χ4n) is 2.50. The lowest BCUT2D eigenvalue weighted by molar-refractivity contribution is 0.0699. The summed E-state index contributed by atoms with van der Waals surface area (Å²) in [5.74, 6) is -1.85. The molecule has 0 fully saturated rings. The molecule has 1 amide bonds. The van der Waals surface area contributed by atoms with E-state index < -0.39 is 11.9 Å². The van der Waals surface area contributed by atoms with E-state index in [9.17, 15) is 19.8 Å². The van der Waals surface area contributed by atoms with Crippen LogP contribution in [0.2, 0.25) is 0 Å². The molecule has 3 rings (SSSR count). The molecule has 5 nitrogen and oxygen atoms in total. The van der Waals surface area contributed by atoms with E-state index in [4.69, 9.17) is 0 Å². The molecule has 0 aliphatic rings. The number of halogens is 1. The summed E-state index contributed by atoms with van der Waals surface area (Å²) in [5, 5.41) is 23.7. The number of aromatic carboxylic acids is 1. The normalized spacial score (nSPS) is 10.5. The van der Waals surface area contributed by atoms with E-state index >= 15 is 0 Å². The maximum atomic E-state index is 12.4. The van der Waals surface area contributed by atoms with Gasteiger partial charge in [-0.25, -0.2) is 4.79 Å². The van der Waals surface area contributed by atoms with Crippen molar-refractivity contribution in [2.75, 3.05) is 5.32 Å². The Morgan fingerprint density at radius 1 is 1.12 bits per heavy atom. The molecule has 132 valence electrons. The van der Waals surface area contributed by atoms with Crippen LogP contribution in [0.4, 0.5) is 5.69 Å².